The predicted octanol–water partition coefficient (Wildman–Crippen LogP) is 0.425. The normalized spacial score (nSPS) is 17.2. The summed E-state index contributed by atoms with van der Waals surface area (Å²) >= 11 is 0. The molecule has 1 saturated heterocycles. The Morgan fingerprint density at radius 1 is 1.11 bits per heavy atom. The number of aliphatic imine (C=N–C) groups is 1. The zero-order chi connectivity index (χ0) is 20.3. The van der Waals surface area contributed by atoms with Crippen molar-refractivity contribution in [3.63, 3.8) is 0 Å². The van der Waals surface area contributed by atoms with Gasteiger partial charge in [0.25, 0.3) is 0 Å². The maximum atomic E-state index is 12.1. The maximum Gasteiger partial charge on any atom is 0.214 e. The smallest absolute Gasteiger partial charge is 0.214 e. The number of halogens is 1. The number of guanidine groups is 1. The molecule has 12 heteroatoms. The number of hydrogen-bond donors (Lipinski definition) is 2. The van der Waals surface area contributed by atoms with Crippen molar-refractivity contribution in [3.8, 4) is 0 Å². The van der Waals surface area contributed by atoms with E-state index in [4.69, 9.17) is 4.74 Å². The third kappa shape index (κ3) is 11.7. The van der Waals surface area contributed by atoms with Gasteiger partial charge < -0.3 is 15.4 Å². The van der Waals surface area contributed by atoms with Gasteiger partial charge in [-0.15, -0.1) is 24.0 Å². The molecule has 0 unspecified atom stereocenters. The number of rotatable bonds is 11. The lowest BCUT2D eigenvalue weighted by Crippen LogP contribution is -2.50. The van der Waals surface area contributed by atoms with Crippen LogP contribution in [-0.4, -0.2) is 90.3 Å². The molecule has 9 nitrogen and oxygen atoms in total. The number of ether oxygens (including phenoxy) is 1. The molecule has 0 atom stereocenters. The quantitative estimate of drug-likeness (QED) is 0.165. The van der Waals surface area contributed by atoms with E-state index >= 15 is 0 Å². The van der Waals surface area contributed by atoms with Gasteiger partial charge >= 0.3 is 0 Å². The number of piperidine rings is 1. The first-order valence-corrected chi connectivity index (χ1v) is 13.1. The lowest BCUT2D eigenvalue weighted by Gasteiger charge is -2.32. The van der Waals surface area contributed by atoms with Crippen LogP contribution in [0.25, 0.3) is 0 Å². The van der Waals surface area contributed by atoms with Crippen molar-refractivity contribution in [1.29, 1.82) is 0 Å². The highest BCUT2D eigenvalue weighted by atomic mass is 127. The van der Waals surface area contributed by atoms with Crippen molar-refractivity contribution in [1.82, 2.24) is 14.9 Å². The van der Waals surface area contributed by atoms with Crippen molar-refractivity contribution in [3.05, 3.63) is 0 Å². The summed E-state index contributed by atoms with van der Waals surface area (Å²) in [4.78, 5) is 4.43. The van der Waals surface area contributed by atoms with Crippen LogP contribution in [0.2, 0.25) is 0 Å². The zero-order valence-corrected chi connectivity index (χ0v) is 21.0. The van der Waals surface area contributed by atoms with E-state index in [-0.39, 0.29) is 48.1 Å². The Morgan fingerprint density at radius 2 is 1.75 bits per heavy atom. The van der Waals surface area contributed by atoms with Crippen molar-refractivity contribution in [2.45, 2.75) is 39.2 Å². The van der Waals surface area contributed by atoms with Crippen molar-refractivity contribution in [2.75, 3.05) is 57.2 Å². The molecule has 1 fully saturated rings. The van der Waals surface area contributed by atoms with E-state index in [1.54, 1.807) is 4.31 Å². The Morgan fingerprint density at radius 3 is 2.29 bits per heavy atom. The van der Waals surface area contributed by atoms with Crippen molar-refractivity contribution < 1.29 is 21.6 Å². The summed E-state index contributed by atoms with van der Waals surface area (Å²) in [6.07, 6.45) is 3.28. The van der Waals surface area contributed by atoms with Crippen LogP contribution in [-0.2, 0) is 24.6 Å². The molecule has 0 spiro atoms. The van der Waals surface area contributed by atoms with Gasteiger partial charge in [-0.2, -0.15) is 0 Å². The predicted molar refractivity (Wildman–Crippen MR) is 124 cm³/mol. The molecule has 168 valence electrons. The first kappa shape index (κ1) is 27.8. The molecule has 1 aliphatic rings. The van der Waals surface area contributed by atoms with Gasteiger partial charge in [-0.3, -0.25) is 4.99 Å². The molecule has 1 aliphatic heterocycles. The Hall–Kier alpha value is -0.180. The Labute approximate surface area is 187 Å². The first-order chi connectivity index (χ1) is 12.7. The van der Waals surface area contributed by atoms with Crippen LogP contribution in [0.4, 0.5) is 0 Å². The molecule has 0 bridgehead atoms. The standard InChI is InChI=1S/C16H34N4O5S2.HI/c1-4-13-27(23,24)20-9-6-15(7-10-20)19-16(17-5-2)18-8-11-25-12-14-26(3,21)22;/h15H,4-14H2,1-3H3,(H2,17,18,19);1H. The van der Waals surface area contributed by atoms with Crippen LogP contribution in [0.15, 0.2) is 4.99 Å². The molecule has 0 aliphatic carbocycles. The van der Waals surface area contributed by atoms with E-state index in [1.165, 1.54) is 6.26 Å². The average molecular weight is 555 g/mol. The van der Waals surface area contributed by atoms with Gasteiger partial charge in [-0.05, 0) is 26.2 Å². The molecule has 0 amide bonds. The number of sulfonamides is 1. The second-order valence-corrected chi connectivity index (χ2v) is 11.0. The summed E-state index contributed by atoms with van der Waals surface area (Å²) < 4.78 is 53.2. The lowest BCUT2D eigenvalue weighted by molar-refractivity contribution is 0.157. The number of sulfone groups is 1. The molecule has 28 heavy (non-hydrogen) atoms. The summed E-state index contributed by atoms with van der Waals surface area (Å²) in [5, 5.41) is 6.50. The fourth-order valence-corrected chi connectivity index (χ4v) is 4.67. The first-order valence-electron chi connectivity index (χ1n) is 9.46. The summed E-state index contributed by atoms with van der Waals surface area (Å²) in [5.41, 5.74) is 0. The van der Waals surface area contributed by atoms with Crippen LogP contribution < -0.4 is 10.6 Å². The molecule has 0 aromatic heterocycles. The molecule has 1 heterocycles. The monoisotopic (exact) mass is 554 g/mol. The van der Waals surface area contributed by atoms with Crippen LogP contribution in [0.5, 0.6) is 0 Å². The second kappa shape index (κ2) is 13.9. The number of nitrogens with zero attached hydrogens (tertiary/aromatic N) is 2. The van der Waals surface area contributed by atoms with Gasteiger partial charge in [-0.25, -0.2) is 21.1 Å². The highest BCUT2D eigenvalue weighted by Gasteiger charge is 2.27. The maximum absolute atomic E-state index is 12.1. The molecule has 0 saturated carbocycles. The highest BCUT2D eigenvalue weighted by molar-refractivity contribution is 14.0. The van der Waals surface area contributed by atoms with Crippen LogP contribution >= 0.6 is 24.0 Å². The van der Waals surface area contributed by atoms with Gasteiger partial charge in [0, 0.05) is 31.9 Å². The van der Waals surface area contributed by atoms with Gasteiger partial charge in [0.05, 0.1) is 31.3 Å². The van der Waals surface area contributed by atoms with Gasteiger partial charge in [-0.1, -0.05) is 6.92 Å². The molecule has 1 rings (SSSR count). The molecular weight excluding hydrogens is 519 g/mol. The molecule has 0 radical (unpaired) electrons. The number of hydrogen-bond acceptors (Lipinski definition) is 6. The van der Waals surface area contributed by atoms with Crippen LogP contribution in [0, 0.1) is 0 Å². The van der Waals surface area contributed by atoms with Gasteiger partial charge in [0.1, 0.15) is 9.84 Å². The van der Waals surface area contributed by atoms with Crippen molar-refractivity contribution >= 4 is 49.8 Å². The largest absolute Gasteiger partial charge is 0.378 e. The Bertz CT molecular complexity index is 663. The zero-order valence-electron chi connectivity index (χ0n) is 17.0. The van der Waals surface area contributed by atoms with Crippen LogP contribution in [0.3, 0.4) is 0 Å². The Balaban J connectivity index is 0.00000729. The summed E-state index contributed by atoms with van der Waals surface area (Å²) in [6, 6.07) is 0.169. The SMILES string of the molecule is CCCS(=O)(=O)N1CCC(NC(=NCCOCCS(C)(=O)=O)NCC)CC1.I. The number of nitrogens with one attached hydrogen (secondary N) is 2. The van der Waals surface area contributed by atoms with E-state index in [9.17, 15) is 16.8 Å². The third-order valence-corrected chi connectivity index (χ3v) is 7.08. The Kier molecular flexibility index (Phi) is 13.8. The molecular formula is C16H35IN4O5S2. The van der Waals surface area contributed by atoms with Gasteiger partial charge in [0.15, 0.2) is 5.96 Å². The minimum Gasteiger partial charge on any atom is -0.378 e. The molecule has 0 aromatic carbocycles. The van der Waals surface area contributed by atoms with Gasteiger partial charge in [0.2, 0.25) is 10.0 Å². The van der Waals surface area contributed by atoms with E-state index in [2.05, 4.69) is 15.6 Å². The minimum atomic E-state index is -3.13. The fourth-order valence-electron chi connectivity index (χ4n) is 2.71. The summed E-state index contributed by atoms with van der Waals surface area (Å²) in [6.45, 7) is 6.54. The summed E-state index contributed by atoms with van der Waals surface area (Å²) in [5.74, 6) is 0.877. The van der Waals surface area contributed by atoms with Crippen molar-refractivity contribution in [2.24, 2.45) is 4.99 Å². The topological polar surface area (TPSA) is 117 Å². The average Bonchev–Trinajstić information content (AvgIpc) is 2.57. The fraction of sp³-hybridized carbons (Fsp3) is 0.938. The summed E-state index contributed by atoms with van der Waals surface area (Å²) in [7, 11) is -6.14. The third-order valence-electron chi connectivity index (χ3n) is 4.10. The minimum absolute atomic E-state index is 0. The molecule has 2 N–H and O–H groups in total. The molecule has 0 aromatic rings. The van der Waals surface area contributed by atoms with E-state index < -0.39 is 19.9 Å². The second-order valence-electron chi connectivity index (χ2n) is 6.64. The van der Waals surface area contributed by atoms with E-state index in [0.717, 1.165) is 12.8 Å². The highest BCUT2D eigenvalue weighted by Crippen LogP contribution is 2.15. The van der Waals surface area contributed by atoms with Crippen LogP contribution in [0.1, 0.15) is 33.1 Å². The lowest BCUT2D eigenvalue weighted by atomic mass is 10.1. The van der Waals surface area contributed by atoms with E-state index in [0.29, 0.717) is 45.2 Å². The van der Waals surface area contributed by atoms with E-state index in [1.807, 2.05) is 13.8 Å².